The molecular formula is C10H11O. The Hall–Kier alpha value is -1.24. The Morgan fingerprint density at radius 3 is 2.55 bits per heavy atom. The lowest BCUT2D eigenvalue weighted by Crippen LogP contribution is -1.84. The summed E-state index contributed by atoms with van der Waals surface area (Å²) in [6, 6.07) is 9.97. The van der Waals surface area contributed by atoms with Crippen LogP contribution in [0.5, 0.6) is 0 Å². The van der Waals surface area contributed by atoms with Crippen LogP contribution in [0.2, 0.25) is 0 Å². The maximum atomic E-state index is 10.3. The van der Waals surface area contributed by atoms with Crippen LogP contribution in [0.25, 0.3) is 0 Å². The van der Waals surface area contributed by atoms with Crippen molar-refractivity contribution in [1.82, 2.24) is 0 Å². The molecule has 0 aliphatic rings. The van der Waals surface area contributed by atoms with E-state index in [0.717, 1.165) is 18.3 Å². The molecule has 0 saturated carbocycles. The largest absolute Gasteiger partial charge is 0.299 e. The molecule has 1 rings (SSSR count). The molecule has 0 atom stereocenters. The van der Waals surface area contributed by atoms with Gasteiger partial charge in [0, 0.05) is 0 Å². The predicted molar refractivity (Wildman–Crippen MR) is 44.6 cm³/mol. The maximum absolute atomic E-state index is 10.3. The molecule has 0 amide bonds. The van der Waals surface area contributed by atoms with Crippen LogP contribution in [0.1, 0.15) is 12.5 Å². The summed E-state index contributed by atoms with van der Waals surface area (Å²) in [5.41, 5.74) is 2.06. The normalized spacial score (nSPS) is 11.5. The van der Waals surface area contributed by atoms with Gasteiger partial charge >= 0.3 is 0 Å². The molecule has 1 aromatic carbocycles. The van der Waals surface area contributed by atoms with E-state index in [1.165, 1.54) is 5.56 Å². The van der Waals surface area contributed by atoms with Gasteiger partial charge in [-0.2, -0.15) is 0 Å². The lowest BCUT2D eigenvalue weighted by Gasteiger charge is -1.97. The highest BCUT2D eigenvalue weighted by Crippen LogP contribution is 2.05. The number of allylic oxidation sites excluding steroid dienone is 1. The molecule has 0 aromatic heterocycles. The molecule has 1 radical (unpaired) electrons. The second-order valence-corrected chi connectivity index (χ2v) is 2.63. The lowest BCUT2D eigenvalue weighted by molar-refractivity contribution is 0.346. The van der Waals surface area contributed by atoms with E-state index in [1.54, 1.807) is 0 Å². The third kappa shape index (κ3) is 2.46. The van der Waals surface area contributed by atoms with Gasteiger partial charge in [0.25, 0.3) is 0 Å². The smallest absolute Gasteiger partial charge is 0.142 e. The summed E-state index contributed by atoms with van der Waals surface area (Å²) in [7, 11) is 0. The van der Waals surface area contributed by atoms with E-state index < -0.39 is 0 Å². The number of rotatable bonds is 2. The summed E-state index contributed by atoms with van der Waals surface area (Å²) in [5, 5.41) is 10.3. The number of benzene rings is 1. The highest BCUT2D eigenvalue weighted by Gasteiger charge is 1.92. The average Bonchev–Trinajstić information content (AvgIpc) is 2.06. The molecule has 1 aromatic rings. The van der Waals surface area contributed by atoms with Crippen LogP contribution >= 0.6 is 0 Å². The lowest BCUT2D eigenvalue weighted by atomic mass is 10.1. The molecule has 0 N–H and O–H groups in total. The minimum atomic E-state index is 0.768. The third-order valence-corrected chi connectivity index (χ3v) is 1.53. The maximum Gasteiger partial charge on any atom is 0.142 e. The topological polar surface area (TPSA) is 19.9 Å². The van der Waals surface area contributed by atoms with Crippen LogP contribution in [-0.4, -0.2) is 0 Å². The van der Waals surface area contributed by atoms with Crippen LogP contribution in [0.4, 0.5) is 0 Å². The van der Waals surface area contributed by atoms with E-state index in [1.807, 2.05) is 37.3 Å². The van der Waals surface area contributed by atoms with E-state index in [0.29, 0.717) is 0 Å². The second kappa shape index (κ2) is 3.81. The quantitative estimate of drug-likeness (QED) is 0.573. The summed E-state index contributed by atoms with van der Waals surface area (Å²) < 4.78 is 0. The Kier molecular flexibility index (Phi) is 2.73. The van der Waals surface area contributed by atoms with E-state index in [4.69, 9.17) is 0 Å². The van der Waals surface area contributed by atoms with Gasteiger partial charge in [-0.3, -0.25) is 5.11 Å². The highest BCUT2D eigenvalue weighted by atomic mass is 16.2. The average molecular weight is 147 g/mol. The predicted octanol–water partition coefficient (Wildman–Crippen LogP) is 2.56. The van der Waals surface area contributed by atoms with Gasteiger partial charge in [-0.1, -0.05) is 30.3 Å². The van der Waals surface area contributed by atoms with Crippen molar-refractivity contribution in [3.05, 3.63) is 47.7 Å². The van der Waals surface area contributed by atoms with Crippen molar-refractivity contribution in [2.45, 2.75) is 13.3 Å². The van der Waals surface area contributed by atoms with Gasteiger partial charge in [-0.05, 0) is 24.5 Å². The summed E-state index contributed by atoms with van der Waals surface area (Å²) in [4.78, 5) is 0. The first-order valence-electron chi connectivity index (χ1n) is 3.64. The summed E-state index contributed by atoms with van der Waals surface area (Å²) in [6.07, 6.45) is 1.68. The molecule has 0 fully saturated rings. The summed E-state index contributed by atoms with van der Waals surface area (Å²) in [5.74, 6) is 0. The molecule has 0 bridgehead atoms. The first kappa shape index (κ1) is 7.86. The zero-order chi connectivity index (χ0) is 8.10. The van der Waals surface area contributed by atoms with Crippen molar-refractivity contribution >= 4 is 0 Å². The molecular weight excluding hydrogens is 136 g/mol. The fraction of sp³-hybridized carbons (Fsp3) is 0.200. The molecule has 0 aliphatic heterocycles. The number of hydrogen-bond acceptors (Lipinski definition) is 0. The minimum absolute atomic E-state index is 0.768. The Morgan fingerprint density at radius 2 is 2.00 bits per heavy atom. The summed E-state index contributed by atoms with van der Waals surface area (Å²) in [6.45, 7) is 1.85. The standard InChI is InChI=1S/C10H11O/c1-9(8-11)7-10-5-3-2-4-6-10/h2-6,8H,7H2,1H3. The van der Waals surface area contributed by atoms with Crippen molar-refractivity contribution in [3.63, 3.8) is 0 Å². The zero-order valence-corrected chi connectivity index (χ0v) is 6.58. The van der Waals surface area contributed by atoms with E-state index in [9.17, 15) is 5.11 Å². The van der Waals surface area contributed by atoms with Crippen molar-refractivity contribution in [3.8, 4) is 0 Å². The molecule has 1 heteroatoms. The second-order valence-electron chi connectivity index (χ2n) is 2.63. The number of hydrogen-bond donors (Lipinski definition) is 0. The molecule has 0 saturated heterocycles. The van der Waals surface area contributed by atoms with E-state index in [2.05, 4.69) is 0 Å². The first-order chi connectivity index (χ1) is 5.33. The van der Waals surface area contributed by atoms with Gasteiger partial charge in [-0.15, -0.1) is 0 Å². The Balaban J connectivity index is 2.65. The first-order valence-corrected chi connectivity index (χ1v) is 3.64. The Labute approximate surface area is 67.0 Å². The monoisotopic (exact) mass is 147 g/mol. The van der Waals surface area contributed by atoms with Crippen molar-refractivity contribution in [1.29, 1.82) is 0 Å². The summed E-state index contributed by atoms with van der Waals surface area (Å²) >= 11 is 0. The van der Waals surface area contributed by atoms with Crippen LogP contribution in [0.15, 0.2) is 42.2 Å². The molecule has 0 aliphatic carbocycles. The molecule has 0 spiro atoms. The van der Waals surface area contributed by atoms with Crippen LogP contribution < -0.4 is 0 Å². The van der Waals surface area contributed by atoms with Crippen LogP contribution in [0, 0.1) is 0 Å². The van der Waals surface area contributed by atoms with E-state index >= 15 is 0 Å². The minimum Gasteiger partial charge on any atom is -0.299 e. The molecule has 0 heterocycles. The van der Waals surface area contributed by atoms with Gasteiger partial charge in [0.1, 0.15) is 6.26 Å². The van der Waals surface area contributed by atoms with E-state index in [-0.39, 0.29) is 0 Å². The molecule has 1 nitrogen and oxygen atoms in total. The van der Waals surface area contributed by atoms with Gasteiger partial charge in [0.2, 0.25) is 0 Å². The fourth-order valence-electron chi connectivity index (χ4n) is 0.960. The van der Waals surface area contributed by atoms with Crippen molar-refractivity contribution < 1.29 is 5.11 Å². The Morgan fingerprint density at radius 1 is 1.36 bits per heavy atom. The highest BCUT2D eigenvalue weighted by molar-refractivity contribution is 5.19. The van der Waals surface area contributed by atoms with Gasteiger partial charge < -0.3 is 0 Å². The van der Waals surface area contributed by atoms with Crippen molar-refractivity contribution in [2.75, 3.05) is 0 Å². The fourth-order valence-corrected chi connectivity index (χ4v) is 0.960. The molecule has 11 heavy (non-hydrogen) atoms. The van der Waals surface area contributed by atoms with Gasteiger partial charge in [0.05, 0.1) is 0 Å². The van der Waals surface area contributed by atoms with Crippen molar-refractivity contribution in [2.24, 2.45) is 0 Å². The zero-order valence-electron chi connectivity index (χ0n) is 6.58. The van der Waals surface area contributed by atoms with Crippen LogP contribution in [-0.2, 0) is 11.5 Å². The third-order valence-electron chi connectivity index (χ3n) is 1.53. The van der Waals surface area contributed by atoms with Gasteiger partial charge in [-0.25, -0.2) is 0 Å². The van der Waals surface area contributed by atoms with Gasteiger partial charge in [0.15, 0.2) is 0 Å². The SMILES string of the molecule is CC(=C[O])Cc1ccccc1. The van der Waals surface area contributed by atoms with Crippen LogP contribution in [0.3, 0.4) is 0 Å². The molecule has 0 unspecified atom stereocenters. The molecule has 57 valence electrons. The Bertz CT molecular complexity index is 236.